The lowest BCUT2D eigenvalue weighted by atomic mass is 10.1. The molecule has 1 saturated heterocycles. The maximum absolute atomic E-state index is 5.87. The minimum atomic E-state index is 0.569. The first-order valence-corrected chi connectivity index (χ1v) is 13.6. The second kappa shape index (κ2) is 14.1. The summed E-state index contributed by atoms with van der Waals surface area (Å²) in [5.74, 6) is 0.865. The number of aromatic amines is 1. The van der Waals surface area contributed by atoms with Crippen LogP contribution in [0.1, 0.15) is 16.7 Å². The van der Waals surface area contributed by atoms with Crippen LogP contribution in [0.2, 0.25) is 0 Å². The van der Waals surface area contributed by atoms with Gasteiger partial charge in [0.25, 0.3) is 0 Å². The number of nitrogens with one attached hydrogen (secondary N) is 1. The van der Waals surface area contributed by atoms with Crippen molar-refractivity contribution in [2.75, 3.05) is 64.7 Å². The van der Waals surface area contributed by atoms with E-state index >= 15 is 0 Å². The summed E-state index contributed by atoms with van der Waals surface area (Å²) in [6, 6.07) is 23.3. The molecule has 8 nitrogen and oxygen atoms in total. The van der Waals surface area contributed by atoms with E-state index in [1.54, 1.807) is 7.11 Å². The summed E-state index contributed by atoms with van der Waals surface area (Å²) in [5, 5.41) is 8.36. The van der Waals surface area contributed by atoms with E-state index in [0.29, 0.717) is 19.8 Å². The van der Waals surface area contributed by atoms with Crippen molar-refractivity contribution >= 4 is 16.6 Å². The van der Waals surface area contributed by atoms with E-state index < -0.39 is 0 Å². The molecule has 0 radical (unpaired) electrons. The molecule has 0 atom stereocenters. The van der Waals surface area contributed by atoms with Crippen LogP contribution in [0.15, 0.2) is 72.9 Å². The Morgan fingerprint density at radius 3 is 2.46 bits per heavy atom. The summed E-state index contributed by atoms with van der Waals surface area (Å²) < 4.78 is 22.4. The third-order valence-electron chi connectivity index (χ3n) is 6.99. The van der Waals surface area contributed by atoms with Crippen LogP contribution >= 0.6 is 0 Å². The first-order valence-electron chi connectivity index (χ1n) is 13.6. The van der Waals surface area contributed by atoms with Gasteiger partial charge in [-0.05, 0) is 47.0 Å². The van der Waals surface area contributed by atoms with Gasteiger partial charge in [-0.25, -0.2) is 0 Å². The van der Waals surface area contributed by atoms with Crippen molar-refractivity contribution in [2.24, 2.45) is 0 Å². The minimum Gasteiger partial charge on any atom is -0.497 e. The van der Waals surface area contributed by atoms with Gasteiger partial charge in [-0.1, -0.05) is 36.4 Å². The summed E-state index contributed by atoms with van der Waals surface area (Å²) in [4.78, 5) is 4.75. The third-order valence-corrected chi connectivity index (χ3v) is 6.99. The van der Waals surface area contributed by atoms with Gasteiger partial charge < -0.3 is 23.8 Å². The van der Waals surface area contributed by atoms with Crippen LogP contribution in [0, 0.1) is 0 Å². The van der Waals surface area contributed by atoms with E-state index in [4.69, 9.17) is 18.9 Å². The molecule has 1 aliphatic rings. The molecule has 39 heavy (non-hydrogen) atoms. The van der Waals surface area contributed by atoms with E-state index in [1.165, 1.54) is 11.1 Å². The topological polar surface area (TPSA) is 72.1 Å². The van der Waals surface area contributed by atoms with Gasteiger partial charge in [-0.15, -0.1) is 0 Å². The molecular weight excluding hydrogens is 492 g/mol. The molecule has 0 aliphatic carbocycles. The standard InChI is InChI=1S/C31H38N4O4/c1-36-30-4-2-3-26(19-30)22-35(23-27-5-8-28-21-32-33-31(28)20-27)29-9-6-25(7-10-29)24-39-18-17-38-16-13-34-11-14-37-15-12-34/h2-10,19-21H,11-18,22-24H2,1H3,(H,32,33). The number of ether oxygens (including phenoxy) is 4. The Bertz CT molecular complexity index is 1290. The molecule has 1 fully saturated rings. The molecule has 1 aromatic heterocycles. The van der Waals surface area contributed by atoms with E-state index in [-0.39, 0.29) is 0 Å². The van der Waals surface area contributed by atoms with Crippen molar-refractivity contribution in [3.63, 3.8) is 0 Å². The zero-order chi connectivity index (χ0) is 26.7. The van der Waals surface area contributed by atoms with Crippen LogP contribution in [0.4, 0.5) is 5.69 Å². The highest BCUT2D eigenvalue weighted by molar-refractivity contribution is 5.78. The van der Waals surface area contributed by atoms with Gasteiger partial charge in [-0.2, -0.15) is 5.10 Å². The number of morpholine rings is 1. The second-order valence-electron chi connectivity index (χ2n) is 9.78. The van der Waals surface area contributed by atoms with Crippen molar-refractivity contribution < 1.29 is 18.9 Å². The highest BCUT2D eigenvalue weighted by Gasteiger charge is 2.12. The minimum absolute atomic E-state index is 0.569. The first-order chi connectivity index (χ1) is 19.3. The number of aromatic nitrogens is 2. The Kier molecular flexibility index (Phi) is 9.81. The average Bonchev–Trinajstić information content (AvgIpc) is 3.45. The highest BCUT2D eigenvalue weighted by Crippen LogP contribution is 2.24. The molecule has 3 aromatic carbocycles. The van der Waals surface area contributed by atoms with E-state index in [0.717, 1.165) is 80.4 Å². The van der Waals surface area contributed by atoms with Crippen molar-refractivity contribution in [3.05, 3.63) is 89.6 Å². The molecule has 4 aromatic rings. The van der Waals surface area contributed by atoms with Crippen LogP contribution in [-0.2, 0) is 33.9 Å². The first kappa shape index (κ1) is 27.1. The van der Waals surface area contributed by atoms with Gasteiger partial charge in [0.05, 0.1) is 58.5 Å². The van der Waals surface area contributed by atoms with Crippen LogP contribution < -0.4 is 9.64 Å². The number of hydrogen-bond donors (Lipinski definition) is 1. The van der Waals surface area contributed by atoms with Crippen LogP contribution in [0.25, 0.3) is 10.9 Å². The molecule has 2 heterocycles. The average molecular weight is 531 g/mol. The SMILES string of the molecule is COc1cccc(CN(Cc2ccc3cn[nH]c3c2)c2ccc(COCCOCCN3CCOCC3)cc2)c1. The van der Waals surface area contributed by atoms with Crippen LogP contribution in [0.5, 0.6) is 5.75 Å². The predicted octanol–water partition coefficient (Wildman–Crippen LogP) is 4.64. The van der Waals surface area contributed by atoms with Crippen LogP contribution in [-0.4, -0.2) is 74.9 Å². The van der Waals surface area contributed by atoms with Gasteiger partial charge in [-0.3, -0.25) is 10.00 Å². The van der Waals surface area contributed by atoms with Gasteiger partial charge in [0.15, 0.2) is 0 Å². The number of H-pyrrole nitrogens is 1. The maximum atomic E-state index is 5.87. The zero-order valence-corrected chi connectivity index (χ0v) is 22.7. The molecule has 0 spiro atoms. The van der Waals surface area contributed by atoms with E-state index in [2.05, 4.69) is 74.6 Å². The fourth-order valence-corrected chi connectivity index (χ4v) is 4.76. The third kappa shape index (κ3) is 8.03. The Labute approximate surface area is 230 Å². The number of benzene rings is 3. The fourth-order valence-electron chi connectivity index (χ4n) is 4.76. The predicted molar refractivity (Wildman–Crippen MR) is 153 cm³/mol. The number of methoxy groups -OCH3 is 1. The van der Waals surface area contributed by atoms with Gasteiger partial charge in [0, 0.05) is 43.8 Å². The molecule has 0 bridgehead atoms. The van der Waals surface area contributed by atoms with Crippen molar-refractivity contribution in [1.82, 2.24) is 15.1 Å². The van der Waals surface area contributed by atoms with Gasteiger partial charge in [0.1, 0.15) is 5.75 Å². The molecule has 0 saturated carbocycles. The number of hydrogen-bond acceptors (Lipinski definition) is 7. The van der Waals surface area contributed by atoms with Gasteiger partial charge in [0.2, 0.25) is 0 Å². The van der Waals surface area contributed by atoms with Crippen LogP contribution in [0.3, 0.4) is 0 Å². The molecule has 5 rings (SSSR count). The lowest BCUT2D eigenvalue weighted by molar-refractivity contribution is 0.00585. The Morgan fingerprint density at radius 1 is 0.872 bits per heavy atom. The molecular formula is C31H38N4O4. The summed E-state index contributed by atoms with van der Waals surface area (Å²) in [6.45, 7) is 8.60. The normalized spacial score (nSPS) is 14.1. The summed E-state index contributed by atoms with van der Waals surface area (Å²) in [5.41, 5.74) is 5.75. The highest BCUT2D eigenvalue weighted by atomic mass is 16.5. The number of fused-ring (bicyclic) bond motifs is 1. The summed E-state index contributed by atoms with van der Waals surface area (Å²) in [7, 11) is 1.70. The van der Waals surface area contributed by atoms with E-state index in [1.807, 2.05) is 18.3 Å². The molecule has 1 aliphatic heterocycles. The Morgan fingerprint density at radius 2 is 1.64 bits per heavy atom. The Hall–Kier alpha value is -3.43. The number of rotatable bonds is 14. The quantitative estimate of drug-likeness (QED) is 0.238. The monoisotopic (exact) mass is 530 g/mol. The second-order valence-corrected chi connectivity index (χ2v) is 9.78. The Balaban J connectivity index is 1.15. The molecule has 8 heteroatoms. The zero-order valence-electron chi connectivity index (χ0n) is 22.7. The maximum Gasteiger partial charge on any atom is 0.119 e. The molecule has 206 valence electrons. The molecule has 0 unspecified atom stereocenters. The molecule has 1 N–H and O–H groups in total. The van der Waals surface area contributed by atoms with Crippen molar-refractivity contribution in [3.8, 4) is 5.75 Å². The van der Waals surface area contributed by atoms with E-state index in [9.17, 15) is 0 Å². The lowest BCUT2D eigenvalue weighted by Gasteiger charge is -2.26. The van der Waals surface area contributed by atoms with Gasteiger partial charge >= 0.3 is 0 Å². The van der Waals surface area contributed by atoms with Crippen molar-refractivity contribution in [2.45, 2.75) is 19.7 Å². The van der Waals surface area contributed by atoms with Crippen molar-refractivity contribution in [1.29, 1.82) is 0 Å². The molecule has 0 amide bonds. The lowest BCUT2D eigenvalue weighted by Crippen LogP contribution is -2.38. The largest absolute Gasteiger partial charge is 0.497 e. The smallest absolute Gasteiger partial charge is 0.119 e. The summed E-state index contributed by atoms with van der Waals surface area (Å²) in [6.07, 6.45) is 1.85. The number of anilines is 1. The number of nitrogens with zero attached hydrogens (tertiary/aromatic N) is 3. The summed E-state index contributed by atoms with van der Waals surface area (Å²) >= 11 is 0. The fraction of sp³-hybridized carbons (Fsp3) is 0.387.